The molecule has 2 fully saturated rings. The number of aromatic carboxylic acids is 1. The molecule has 0 saturated carbocycles. The molecule has 1 aromatic rings. The maximum atomic E-state index is 12.5. The number of carbonyl (C=O) groups excluding carboxylic acids is 1. The second-order valence-corrected chi connectivity index (χ2v) is 8.18. The Labute approximate surface area is 125 Å². The maximum Gasteiger partial charge on any atom is 0.336 e. The zero-order valence-electron chi connectivity index (χ0n) is 11.1. The summed E-state index contributed by atoms with van der Waals surface area (Å²) >= 11 is 0.913. The minimum Gasteiger partial charge on any atom is -0.478 e. The largest absolute Gasteiger partial charge is 0.478 e. The van der Waals surface area contributed by atoms with E-state index in [1.165, 1.54) is 15.8 Å². The first kappa shape index (κ1) is 14.5. The van der Waals surface area contributed by atoms with Crippen molar-refractivity contribution >= 4 is 33.2 Å². The van der Waals surface area contributed by atoms with Gasteiger partial charge in [0.25, 0.3) is 10.0 Å². The van der Waals surface area contributed by atoms with Gasteiger partial charge in [0.05, 0.1) is 5.56 Å². The van der Waals surface area contributed by atoms with E-state index in [-0.39, 0.29) is 34.8 Å². The van der Waals surface area contributed by atoms with Crippen molar-refractivity contribution in [2.75, 3.05) is 19.6 Å². The van der Waals surface area contributed by atoms with Gasteiger partial charge in [-0.15, -0.1) is 11.3 Å². The van der Waals surface area contributed by atoms with Gasteiger partial charge in [-0.3, -0.25) is 4.79 Å². The number of hydrogen-bond acceptors (Lipinski definition) is 5. The van der Waals surface area contributed by atoms with E-state index in [2.05, 4.69) is 0 Å². The van der Waals surface area contributed by atoms with Gasteiger partial charge in [0.2, 0.25) is 5.91 Å². The van der Waals surface area contributed by atoms with Crippen molar-refractivity contribution in [1.29, 1.82) is 0 Å². The molecule has 0 radical (unpaired) electrons. The third-order valence-electron chi connectivity index (χ3n) is 3.87. The van der Waals surface area contributed by atoms with E-state index in [0.29, 0.717) is 19.4 Å². The minimum atomic E-state index is -3.68. The van der Waals surface area contributed by atoms with Crippen LogP contribution < -0.4 is 0 Å². The van der Waals surface area contributed by atoms with Crippen LogP contribution in [0.25, 0.3) is 0 Å². The molecule has 1 N–H and O–H groups in total. The predicted octanol–water partition coefficient (Wildman–Crippen LogP) is 0.442. The molecule has 0 aliphatic carbocycles. The number of nitrogens with zero attached hydrogens (tertiary/aromatic N) is 2. The summed E-state index contributed by atoms with van der Waals surface area (Å²) in [4.78, 5) is 24.2. The fourth-order valence-electron chi connectivity index (χ4n) is 2.75. The number of rotatable bonds is 3. The Kier molecular flexibility index (Phi) is 3.50. The lowest BCUT2D eigenvalue weighted by Gasteiger charge is -2.36. The summed E-state index contributed by atoms with van der Waals surface area (Å²) in [6.07, 6.45) is 1.15. The van der Waals surface area contributed by atoms with Crippen LogP contribution in [-0.4, -0.2) is 60.3 Å². The second kappa shape index (κ2) is 5.08. The molecule has 21 heavy (non-hydrogen) atoms. The minimum absolute atomic E-state index is 0.0201. The first-order valence-corrected chi connectivity index (χ1v) is 8.83. The van der Waals surface area contributed by atoms with E-state index < -0.39 is 16.0 Å². The highest BCUT2D eigenvalue weighted by atomic mass is 32.2. The van der Waals surface area contributed by atoms with Crippen molar-refractivity contribution in [2.45, 2.75) is 23.1 Å². The quantitative estimate of drug-likeness (QED) is 0.868. The van der Waals surface area contributed by atoms with Crippen molar-refractivity contribution in [3.05, 3.63) is 17.0 Å². The van der Waals surface area contributed by atoms with E-state index in [4.69, 9.17) is 5.11 Å². The van der Waals surface area contributed by atoms with Crippen molar-refractivity contribution in [1.82, 2.24) is 9.21 Å². The lowest BCUT2D eigenvalue weighted by atomic mass is 10.2. The van der Waals surface area contributed by atoms with Crippen LogP contribution in [0, 0.1) is 0 Å². The molecule has 9 heteroatoms. The summed E-state index contributed by atoms with van der Waals surface area (Å²) in [5, 5.41) is 10.2. The van der Waals surface area contributed by atoms with Crippen LogP contribution in [0.1, 0.15) is 23.2 Å². The third kappa shape index (κ3) is 2.45. The summed E-state index contributed by atoms with van der Waals surface area (Å²) in [6, 6.07) is 1.13. The van der Waals surface area contributed by atoms with Crippen LogP contribution in [-0.2, 0) is 14.8 Å². The van der Waals surface area contributed by atoms with Crippen molar-refractivity contribution in [3.63, 3.8) is 0 Å². The number of amides is 1. The number of hydrogen-bond donors (Lipinski definition) is 1. The van der Waals surface area contributed by atoms with Crippen molar-refractivity contribution < 1.29 is 23.1 Å². The first-order chi connectivity index (χ1) is 9.89. The Bertz CT molecular complexity index is 696. The number of piperazine rings is 1. The lowest BCUT2D eigenvalue weighted by molar-refractivity contribution is -0.130. The Morgan fingerprint density at radius 3 is 2.81 bits per heavy atom. The van der Waals surface area contributed by atoms with E-state index in [1.807, 2.05) is 0 Å². The van der Waals surface area contributed by atoms with Gasteiger partial charge in [0.1, 0.15) is 4.21 Å². The lowest BCUT2D eigenvalue weighted by Crippen LogP contribution is -2.52. The normalized spacial score (nSPS) is 23.3. The molecule has 3 rings (SSSR count). The fourth-order valence-corrected chi connectivity index (χ4v) is 5.52. The van der Waals surface area contributed by atoms with E-state index >= 15 is 0 Å². The zero-order valence-corrected chi connectivity index (χ0v) is 12.7. The molecule has 1 unspecified atom stereocenters. The highest BCUT2D eigenvalue weighted by Crippen LogP contribution is 2.29. The summed E-state index contributed by atoms with van der Waals surface area (Å²) in [5.41, 5.74) is -0.0201. The Hall–Kier alpha value is -1.45. The highest BCUT2D eigenvalue weighted by Gasteiger charge is 2.40. The Morgan fingerprint density at radius 2 is 2.14 bits per heavy atom. The molecule has 0 bridgehead atoms. The Balaban J connectivity index is 1.82. The predicted molar refractivity (Wildman–Crippen MR) is 74.8 cm³/mol. The average Bonchev–Trinajstić information content (AvgIpc) is 3.06. The second-order valence-electron chi connectivity index (χ2n) is 5.10. The van der Waals surface area contributed by atoms with Gasteiger partial charge in [-0.05, 0) is 12.5 Å². The molecule has 2 aliphatic heterocycles. The summed E-state index contributed by atoms with van der Waals surface area (Å²) in [6.45, 7) is 0.944. The molecule has 1 atom stereocenters. The summed E-state index contributed by atoms with van der Waals surface area (Å²) < 4.78 is 26.5. The molecule has 114 valence electrons. The number of carbonyl (C=O) groups is 2. The van der Waals surface area contributed by atoms with Crippen LogP contribution in [0.15, 0.2) is 15.7 Å². The standard InChI is InChI=1S/C12H14N2O5S2/c15-10-2-1-9-6-13(3-4-14(9)10)21(18,19)11-5-8(7-20-11)12(16)17/h5,7,9H,1-4,6H2,(H,16,17). The fraction of sp³-hybridized carbons (Fsp3) is 0.500. The molecule has 0 aromatic carbocycles. The van der Waals surface area contributed by atoms with Crippen molar-refractivity contribution in [3.8, 4) is 0 Å². The van der Waals surface area contributed by atoms with Crippen LogP contribution in [0.5, 0.6) is 0 Å². The highest BCUT2D eigenvalue weighted by molar-refractivity contribution is 7.91. The van der Waals surface area contributed by atoms with Gasteiger partial charge in [-0.1, -0.05) is 0 Å². The number of thiophene rings is 1. The van der Waals surface area contributed by atoms with E-state index in [9.17, 15) is 18.0 Å². The molecule has 7 nitrogen and oxygen atoms in total. The molecule has 2 aliphatic rings. The molecule has 2 saturated heterocycles. The molecule has 1 amide bonds. The van der Waals surface area contributed by atoms with E-state index in [1.54, 1.807) is 4.90 Å². The topological polar surface area (TPSA) is 95.0 Å². The van der Waals surface area contributed by atoms with Crippen LogP contribution in [0.2, 0.25) is 0 Å². The van der Waals surface area contributed by atoms with Crippen LogP contribution >= 0.6 is 11.3 Å². The van der Waals surface area contributed by atoms with Gasteiger partial charge >= 0.3 is 5.97 Å². The zero-order chi connectivity index (χ0) is 15.2. The van der Waals surface area contributed by atoms with Gasteiger partial charge in [-0.25, -0.2) is 13.2 Å². The Morgan fingerprint density at radius 1 is 1.38 bits per heavy atom. The van der Waals surface area contributed by atoms with Gasteiger partial charge < -0.3 is 10.0 Å². The number of carboxylic acid groups (broad SMARTS) is 1. The van der Waals surface area contributed by atoms with Gasteiger partial charge in [0, 0.05) is 37.5 Å². The number of fused-ring (bicyclic) bond motifs is 1. The third-order valence-corrected chi connectivity index (χ3v) is 7.15. The van der Waals surface area contributed by atoms with E-state index in [0.717, 1.165) is 11.3 Å². The van der Waals surface area contributed by atoms with Gasteiger partial charge in [0.15, 0.2) is 0 Å². The maximum absolute atomic E-state index is 12.5. The van der Waals surface area contributed by atoms with Crippen LogP contribution in [0.3, 0.4) is 0 Å². The summed E-state index contributed by atoms with van der Waals surface area (Å²) in [7, 11) is -3.68. The molecule has 3 heterocycles. The number of sulfonamides is 1. The number of carboxylic acids is 1. The molecule has 1 aromatic heterocycles. The summed E-state index contributed by atoms with van der Waals surface area (Å²) in [5.74, 6) is -1.06. The van der Waals surface area contributed by atoms with Crippen molar-refractivity contribution in [2.24, 2.45) is 0 Å². The molecular formula is C12H14N2O5S2. The monoisotopic (exact) mass is 330 g/mol. The van der Waals surface area contributed by atoms with Gasteiger partial charge in [-0.2, -0.15) is 4.31 Å². The molecule has 0 spiro atoms. The average molecular weight is 330 g/mol. The smallest absolute Gasteiger partial charge is 0.336 e. The SMILES string of the molecule is O=C(O)c1csc(S(=O)(=O)N2CCN3C(=O)CCC3C2)c1. The molecular weight excluding hydrogens is 316 g/mol. The van der Waals surface area contributed by atoms with Crippen LogP contribution in [0.4, 0.5) is 0 Å². The first-order valence-electron chi connectivity index (χ1n) is 6.51.